The third-order valence-electron chi connectivity index (χ3n) is 6.60. The summed E-state index contributed by atoms with van der Waals surface area (Å²) in [5, 5.41) is 3.41. The maximum absolute atomic E-state index is 11.9. The van der Waals surface area contributed by atoms with E-state index in [2.05, 4.69) is 71.3 Å². The molecule has 0 amide bonds. The molecule has 4 nitrogen and oxygen atoms in total. The monoisotopic (exact) mass is 528 g/mol. The van der Waals surface area contributed by atoms with Crippen molar-refractivity contribution in [1.29, 1.82) is 0 Å². The van der Waals surface area contributed by atoms with Crippen LogP contribution in [0.25, 0.3) is 5.57 Å². The summed E-state index contributed by atoms with van der Waals surface area (Å²) in [6, 6.07) is 9.94. The fraction of sp³-hybridized carbons (Fsp3) is 0.371. The van der Waals surface area contributed by atoms with E-state index in [4.69, 9.17) is 9.73 Å². The lowest BCUT2D eigenvalue weighted by molar-refractivity contribution is 0.101. The summed E-state index contributed by atoms with van der Waals surface area (Å²) in [7, 11) is 1.70. The smallest absolute Gasteiger partial charge is 0.160 e. The molecule has 1 N–H and O–H groups in total. The number of ketones is 1. The molecule has 210 valence electrons. The molecule has 0 saturated carbocycles. The minimum absolute atomic E-state index is 0.00799. The second-order valence-corrected chi connectivity index (χ2v) is 9.46. The van der Waals surface area contributed by atoms with Crippen LogP contribution in [0.1, 0.15) is 87.0 Å². The first kappa shape index (κ1) is 33.4. The van der Waals surface area contributed by atoms with Crippen LogP contribution in [0, 0.1) is 19.8 Å². The van der Waals surface area contributed by atoms with Crippen molar-refractivity contribution in [1.82, 2.24) is 0 Å². The van der Waals surface area contributed by atoms with Gasteiger partial charge in [-0.15, -0.1) is 6.58 Å². The van der Waals surface area contributed by atoms with E-state index in [0.717, 1.165) is 57.1 Å². The van der Waals surface area contributed by atoms with Crippen molar-refractivity contribution in [2.45, 2.75) is 74.7 Å². The number of carbonyl (C=O) groups excluding carboxylic acids is 1. The number of anilines is 1. The number of aryl methyl sites for hydroxylation is 1. The molecule has 1 atom stereocenters. The summed E-state index contributed by atoms with van der Waals surface area (Å²) < 4.78 is 5.48. The van der Waals surface area contributed by atoms with Crippen LogP contribution >= 0.6 is 0 Å². The molecule has 1 heterocycles. The van der Waals surface area contributed by atoms with Crippen LogP contribution in [-0.2, 0) is 6.42 Å². The van der Waals surface area contributed by atoms with Gasteiger partial charge in [0.25, 0.3) is 0 Å². The largest absolute Gasteiger partial charge is 0.496 e. The normalized spacial score (nSPS) is 13.8. The Hall–Kier alpha value is -3.66. The Morgan fingerprint density at radius 3 is 2.23 bits per heavy atom. The van der Waals surface area contributed by atoms with E-state index in [1.807, 2.05) is 44.3 Å². The molecule has 4 heteroatoms. The highest BCUT2D eigenvalue weighted by molar-refractivity contribution is 6.13. The fourth-order valence-corrected chi connectivity index (χ4v) is 4.21. The summed E-state index contributed by atoms with van der Waals surface area (Å²) in [5.74, 6) is 0.980. The van der Waals surface area contributed by atoms with Crippen LogP contribution < -0.4 is 10.1 Å². The van der Waals surface area contributed by atoms with Crippen molar-refractivity contribution >= 4 is 22.8 Å². The maximum Gasteiger partial charge on any atom is 0.160 e. The summed E-state index contributed by atoms with van der Waals surface area (Å²) in [6.07, 6.45) is 11.3. The first-order chi connectivity index (χ1) is 18.6. The van der Waals surface area contributed by atoms with Gasteiger partial charge < -0.3 is 10.1 Å². The highest BCUT2D eigenvalue weighted by Crippen LogP contribution is 2.37. The summed E-state index contributed by atoms with van der Waals surface area (Å²) >= 11 is 0. The predicted octanol–water partition coefficient (Wildman–Crippen LogP) is 9.69. The number of unbranched alkanes of at least 4 members (excludes halogenated alkanes) is 1. The molecule has 1 unspecified atom stereocenters. The average molecular weight is 529 g/mol. The van der Waals surface area contributed by atoms with Crippen molar-refractivity contribution < 1.29 is 9.53 Å². The Kier molecular flexibility index (Phi) is 14.6. The van der Waals surface area contributed by atoms with Gasteiger partial charge in [-0.25, -0.2) is 0 Å². The number of nitrogens with one attached hydrogen (secondary N) is 1. The Morgan fingerprint density at radius 2 is 1.72 bits per heavy atom. The molecule has 3 rings (SSSR count). The molecule has 0 spiro atoms. The predicted molar refractivity (Wildman–Crippen MR) is 171 cm³/mol. The van der Waals surface area contributed by atoms with E-state index in [9.17, 15) is 4.79 Å². The number of nitrogens with zero attached hydrogens (tertiary/aromatic N) is 1. The van der Waals surface area contributed by atoms with Crippen LogP contribution in [0.2, 0.25) is 0 Å². The topological polar surface area (TPSA) is 50.7 Å². The molecule has 2 aromatic rings. The lowest BCUT2D eigenvalue weighted by Gasteiger charge is -2.20. The third kappa shape index (κ3) is 8.95. The van der Waals surface area contributed by atoms with E-state index in [0.29, 0.717) is 0 Å². The summed E-state index contributed by atoms with van der Waals surface area (Å²) in [5.41, 5.74) is 8.96. The fourth-order valence-electron chi connectivity index (χ4n) is 4.21. The molecule has 0 fully saturated rings. The highest BCUT2D eigenvalue weighted by Gasteiger charge is 2.27. The van der Waals surface area contributed by atoms with Gasteiger partial charge in [0.15, 0.2) is 5.78 Å². The number of carbonyl (C=O) groups is 1. The van der Waals surface area contributed by atoms with Crippen molar-refractivity contribution in [2.24, 2.45) is 10.9 Å². The van der Waals surface area contributed by atoms with Gasteiger partial charge in [0, 0.05) is 23.4 Å². The molecule has 39 heavy (non-hydrogen) atoms. The summed E-state index contributed by atoms with van der Waals surface area (Å²) in [6.45, 7) is 23.8. The molecule has 1 aliphatic heterocycles. The first-order valence-electron chi connectivity index (χ1n) is 13.9. The van der Waals surface area contributed by atoms with E-state index < -0.39 is 0 Å². The number of hydrogen-bond acceptors (Lipinski definition) is 4. The number of methoxy groups -OCH3 is 1. The van der Waals surface area contributed by atoms with Crippen LogP contribution in [0.15, 0.2) is 78.6 Å². The van der Waals surface area contributed by atoms with Crippen molar-refractivity contribution in [2.75, 3.05) is 12.4 Å². The van der Waals surface area contributed by atoms with Gasteiger partial charge in [-0.1, -0.05) is 64.5 Å². The van der Waals surface area contributed by atoms with Gasteiger partial charge in [0.1, 0.15) is 5.75 Å². The Morgan fingerprint density at radius 1 is 1.08 bits per heavy atom. The highest BCUT2D eigenvalue weighted by atomic mass is 16.5. The average Bonchev–Trinajstić information content (AvgIpc) is 3.34. The van der Waals surface area contributed by atoms with Gasteiger partial charge in [-0.05, 0) is 93.1 Å². The van der Waals surface area contributed by atoms with Crippen molar-refractivity contribution in [3.05, 3.63) is 101 Å². The van der Waals surface area contributed by atoms with Crippen LogP contribution in [-0.4, -0.2) is 18.6 Å². The second-order valence-electron chi connectivity index (χ2n) is 9.46. The first-order valence-corrected chi connectivity index (χ1v) is 13.9. The zero-order valence-corrected chi connectivity index (χ0v) is 25.6. The molecule has 0 aliphatic carbocycles. The number of benzene rings is 2. The molecular formula is C35H48N2O2. The minimum atomic E-state index is 0.00799. The van der Waals surface area contributed by atoms with Crippen LogP contribution in [0.5, 0.6) is 5.75 Å². The lowest BCUT2D eigenvalue weighted by Crippen LogP contribution is -2.18. The van der Waals surface area contributed by atoms with E-state index in [1.54, 1.807) is 20.1 Å². The molecule has 0 bridgehead atoms. The zero-order chi connectivity index (χ0) is 29.5. The zero-order valence-electron chi connectivity index (χ0n) is 25.6. The molecular weight excluding hydrogens is 480 g/mol. The molecule has 2 aromatic carbocycles. The minimum Gasteiger partial charge on any atom is -0.496 e. The Bertz CT molecular complexity index is 1230. The maximum atomic E-state index is 11.9. The number of ether oxygens (including phenoxy) is 1. The Balaban J connectivity index is 0.000000975. The number of hydrogen-bond donors (Lipinski definition) is 1. The van der Waals surface area contributed by atoms with Gasteiger partial charge in [0.2, 0.25) is 0 Å². The van der Waals surface area contributed by atoms with Gasteiger partial charge in [-0.2, -0.15) is 0 Å². The third-order valence-corrected chi connectivity index (χ3v) is 6.60. The van der Waals surface area contributed by atoms with E-state index >= 15 is 0 Å². The Labute approximate surface area is 237 Å². The lowest BCUT2D eigenvalue weighted by atomic mass is 9.86. The van der Waals surface area contributed by atoms with Gasteiger partial charge in [0.05, 0.1) is 18.5 Å². The molecule has 0 saturated heterocycles. The second kappa shape index (κ2) is 17.0. The number of allylic oxidation sites excluding steroid dienone is 5. The number of aliphatic imine (C=N–C) groups is 1. The number of Topliss-reactive ketones (excluding diaryl/α,β-unsaturated/α-hetero) is 1. The molecule has 1 aliphatic rings. The van der Waals surface area contributed by atoms with E-state index in [-0.39, 0.29) is 11.7 Å². The number of rotatable bonds is 9. The van der Waals surface area contributed by atoms with Gasteiger partial charge >= 0.3 is 0 Å². The SMILES string of the molecule is C=C(Nc1ccc(C(C)=O)c(CC)c1)C1=NC=C(c2ccc(OC)c(C)c2C)C1/C=C\C.C=CC.CCCC. The van der Waals surface area contributed by atoms with Crippen molar-refractivity contribution in [3.8, 4) is 5.75 Å². The van der Waals surface area contributed by atoms with Crippen LogP contribution in [0.3, 0.4) is 0 Å². The summed E-state index contributed by atoms with van der Waals surface area (Å²) in [4.78, 5) is 16.6. The quantitative estimate of drug-likeness (QED) is 0.260. The van der Waals surface area contributed by atoms with E-state index in [1.165, 1.54) is 18.4 Å². The standard InChI is InChI=1S/C28H32N2O2.C4H10.C3H6/c1-8-10-25-26(23-13-14-27(32-7)18(4)17(23)3)16-29-28(25)19(5)30-22-11-12-24(20(6)31)21(9-2)15-22;1-3-4-2;1-3-2/h8,10-16,25,30H,5,9H2,1-4,6-7H3;3-4H2,1-2H3;3H,1H2,2H3/b10-8-;;. The van der Waals surface area contributed by atoms with Gasteiger partial charge in [-0.3, -0.25) is 9.79 Å². The van der Waals surface area contributed by atoms with Crippen molar-refractivity contribution in [3.63, 3.8) is 0 Å². The molecule has 0 aromatic heterocycles. The molecule has 0 radical (unpaired) electrons. The van der Waals surface area contributed by atoms with Crippen LogP contribution in [0.4, 0.5) is 5.69 Å².